The van der Waals surface area contributed by atoms with Gasteiger partial charge in [-0.3, -0.25) is 4.79 Å². The van der Waals surface area contributed by atoms with Crippen LogP contribution in [0.3, 0.4) is 0 Å². The average molecular weight is 519 g/mol. The van der Waals surface area contributed by atoms with Gasteiger partial charge in [-0.25, -0.2) is 0 Å². The Morgan fingerprint density at radius 1 is 1.03 bits per heavy atom. The van der Waals surface area contributed by atoms with Crippen molar-refractivity contribution in [1.29, 1.82) is 0 Å². The summed E-state index contributed by atoms with van der Waals surface area (Å²) in [5, 5.41) is 32.9. The minimum absolute atomic E-state index is 0.00312. The lowest BCUT2D eigenvalue weighted by Crippen LogP contribution is -2.68. The van der Waals surface area contributed by atoms with Crippen LogP contribution >= 0.6 is 0 Å². The van der Waals surface area contributed by atoms with Crippen molar-refractivity contribution >= 4 is 5.97 Å². The van der Waals surface area contributed by atoms with E-state index in [0.29, 0.717) is 11.8 Å². The Hall–Kier alpha value is -0.910. The first-order valence-electron chi connectivity index (χ1n) is 14.9. The van der Waals surface area contributed by atoms with Crippen LogP contribution in [0.15, 0.2) is 11.6 Å². The topological polar surface area (TPSA) is 87.0 Å². The van der Waals surface area contributed by atoms with Crippen molar-refractivity contribution in [3.8, 4) is 0 Å². The maximum absolute atomic E-state index is 11.9. The molecular weight excluding hydrogens is 464 g/mol. The number of allylic oxidation sites excluding steroid dienone is 1. The largest absolute Gasteiger partial charge is 0.462 e. The monoisotopic (exact) mass is 518 g/mol. The predicted molar refractivity (Wildman–Crippen MR) is 147 cm³/mol. The number of fused-ring (bicyclic) bond motifs is 5. The number of aliphatic hydroxyl groups is 3. The zero-order valence-corrected chi connectivity index (χ0v) is 24.8. The molecule has 0 unspecified atom stereocenters. The van der Waals surface area contributed by atoms with Crippen molar-refractivity contribution in [2.45, 2.75) is 131 Å². The number of aliphatic hydroxyl groups excluding tert-OH is 2. The minimum atomic E-state index is -0.734. The molecule has 0 aromatic rings. The van der Waals surface area contributed by atoms with Gasteiger partial charge in [0.25, 0.3) is 0 Å². The van der Waals surface area contributed by atoms with Crippen molar-refractivity contribution in [2.24, 2.45) is 45.3 Å². The lowest BCUT2D eigenvalue weighted by atomic mass is 9.35. The summed E-state index contributed by atoms with van der Waals surface area (Å²) >= 11 is 0. The number of carbonyl (C=O) groups is 1. The predicted octanol–water partition coefficient (Wildman–Crippen LogP) is 6.04. The Labute approximate surface area is 225 Å². The van der Waals surface area contributed by atoms with E-state index in [2.05, 4.69) is 40.7 Å². The van der Waals surface area contributed by atoms with Crippen molar-refractivity contribution in [3.05, 3.63) is 11.6 Å². The quantitative estimate of drug-likeness (QED) is 0.295. The Bertz CT molecular complexity index is 907. The highest BCUT2D eigenvalue weighted by atomic mass is 16.5. The van der Waals surface area contributed by atoms with E-state index in [1.54, 1.807) is 0 Å². The summed E-state index contributed by atoms with van der Waals surface area (Å²) in [6, 6.07) is 0. The molecule has 4 aliphatic carbocycles. The first-order valence-corrected chi connectivity index (χ1v) is 14.9. The van der Waals surface area contributed by atoms with Gasteiger partial charge in [-0.05, 0) is 112 Å². The van der Waals surface area contributed by atoms with E-state index in [9.17, 15) is 20.1 Å². The Kier molecular flexibility index (Phi) is 7.57. The Morgan fingerprint density at radius 2 is 1.70 bits per heavy atom. The third kappa shape index (κ3) is 4.43. The zero-order chi connectivity index (χ0) is 27.6. The van der Waals surface area contributed by atoms with E-state index in [0.717, 1.165) is 63.4 Å². The maximum Gasteiger partial charge on any atom is 0.302 e. The molecule has 4 fully saturated rings. The minimum Gasteiger partial charge on any atom is -0.462 e. The van der Waals surface area contributed by atoms with Gasteiger partial charge in [0.1, 0.15) is 6.10 Å². The normalized spacial score (nSPS) is 46.8. The first kappa shape index (κ1) is 29.1. The summed E-state index contributed by atoms with van der Waals surface area (Å²) in [6.07, 6.45) is 10.0. The van der Waals surface area contributed by atoms with E-state index in [1.165, 1.54) is 6.92 Å². The Balaban J connectivity index is 1.62. The van der Waals surface area contributed by atoms with Crippen LogP contribution in [0.25, 0.3) is 0 Å². The van der Waals surface area contributed by atoms with Crippen LogP contribution in [-0.4, -0.2) is 45.7 Å². The highest BCUT2D eigenvalue weighted by molar-refractivity contribution is 5.66. The van der Waals surface area contributed by atoms with Crippen LogP contribution in [0.2, 0.25) is 0 Å². The molecule has 5 nitrogen and oxygen atoms in total. The fourth-order valence-corrected chi connectivity index (χ4v) is 10.9. The lowest BCUT2D eigenvalue weighted by molar-refractivity contribution is -0.261. The van der Waals surface area contributed by atoms with Crippen molar-refractivity contribution in [3.63, 3.8) is 0 Å². The van der Waals surface area contributed by atoms with Crippen molar-refractivity contribution < 1.29 is 24.9 Å². The molecular formula is C32H54O5. The fraction of sp³-hybridized carbons (Fsp3) is 0.906. The maximum atomic E-state index is 11.9. The third-order valence-electron chi connectivity index (χ3n) is 12.7. The molecule has 0 saturated heterocycles. The number of hydrogen-bond donors (Lipinski definition) is 3. The molecule has 5 heteroatoms. The third-order valence-corrected chi connectivity index (χ3v) is 12.7. The van der Waals surface area contributed by atoms with Crippen LogP contribution in [0, 0.1) is 45.3 Å². The first-order chi connectivity index (χ1) is 17.0. The Morgan fingerprint density at radius 3 is 2.32 bits per heavy atom. The van der Waals surface area contributed by atoms with Gasteiger partial charge >= 0.3 is 5.97 Å². The molecule has 0 spiro atoms. The number of carbonyl (C=O) groups excluding carboxylic acids is 1. The molecule has 4 rings (SSSR count). The van der Waals surface area contributed by atoms with Crippen molar-refractivity contribution in [1.82, 2.24) is 0 Å². The van der Waals surface area contributed by atoms with Gasteiger partial charge < -0.3 is 20.1 Å². The number of rotatable bonds is 6. The van der Waals surface area contributed by atoms with Crippen LogP contribution < -0.4 is 0 Å². The molecule has 0 aromatic heterocycles. The number of esters is 1. The molecule has 0 amide bonds. The zero-order valence-electron chi connectivity index (χ0n) is 24.8. The molecule has 4 aliphatic rings. The van der Waals surface area contributed by atoms with E-state index in [1.807, 2.05) is 13.8 Å². The van der Waals surface area contributed by atoms with Gasteiger partial charge in [0.05, 0.1) is 18.3 Å². The highest BCUT2D eigenvalue weighted by Crippen LogP contribution is 2.75. The van der Waals surface area contributed by atoms with E-state index < -0.39 is 11.7 Å². The molecule has 0 aromatic carbocycles. The highest BCUT2D eigenvalue weighted by Gasteiger charge is 2.71. The molecule has 0 aliphatic heterocycles. The summed E-state index contributed by atoms with van der Waals surface area (Å²) in [7, 11) is 0. The van der Waals surface area contributed by atoms with E-state index in [4.69, 9.17) is 4.74 Å². The molecule has 0 bridgehead atoms. The summed E-state index contributed by atoms with van der Waals surface area (Å²) in [4.78, 5) is 11.9. The molecule has 4 saturated carbocycles. The van der Waals surface area contributed by atoms with E-state index in [-0.39, 0.29) is 52.2 Å². The standard InChI is InChI=1S/C32H54O5/c1-20(19-33)10-9-15-32(8,36)23-13-17-30(6)22(23)11-12-25-29(5)16-14-26(37-21(2)34)28(3,4)27(29)24(35)18-31(25,30)7/h10,22-27,33,35-36H,9,11-19H2,1-8H3/b20-10-/t22-,23+,24+,25-,26+,27+,29-,30-,31-,32+/m1/s1. The molecule has 0 radical (unpaired) electrons. The average Bonchev–Trinajstić information content (AvgIpc) is 3.14. The van der Waals surface area contributed by atoms with Gasteiger partial charge in [0.15, 0.2) is 0 Å². The second kappa shape index (κ2) is 9.63. The van der Waals surface area contributed by atoms with Crippen LogP contribution in [0.4, 0.5) is 0 Å². The summed E-state index contributed by atoms with van der Waals surface area (Å²) in [5.41, 5.74) is 0.0240. The number of ether oxygens (including phenoxy) is 1. The fourth-order valence-electron chi connectivity index (χ4n) is 10.9. The van der Waals surface area contributed by atoms with Gasteiger partial charge in [-0.2, -0.15) is 0 Å². The SMILES string of the molecule is CC(=O)O[C@H]1CC[C@]2(C)[C@H]3CC[C@@H]4[C@@H]([C@@](C)(O)CC/C=C(/C)CO)CC[C@@]4(C)[C@]3(C)C[C@H](O)[C@H]2C1(C)C. The van der Waals surface area contributed by atoms with Gasteiger partial charge in [0, 0.05) is 12.3 Å². The van der Waals surface area contributed by atoms with Gasteiger partial charge in [-0.15, -0.1) is 0 Å². The second-order valence-electron chi connectivity index (χ2n) is 15.0. The second-order valence-corrected chi connectivity index (χ2v) is 15.0. The molecule has 0 heterocycles. The molecule has 37 heavy (non-hydrogen) atoms. The van der Waals surface area contributed by atoms with Gasteiger partial charge in [0.2, 0.25) is 0 Å². The summed E-state index contributed by atoms with van der Waals surface area (Å²) in [5.74, 6) is 1.08. The smallest absolute Gasteiger partial charge is 0.302 e. The van der Waals surface area contributed by atoms with Gasteiger partial charge in [-0.1, -0.05) is 46.3 Å². The summed E-state index contributed by atoms with van der Waals surface area (Å²) < 4.78 is 5.81. The lowest BCUT2D eigenvalue weighted by Gasteiger charge is -2.71. The molecule has 10 atom stereocenters. The molecule has 3 N–H and O–H groups in total. The summed E-state index contributed by atoms with van der Waals surface area (Å²) in [6.45, 7) is 17.3. The molecule has 212 valence electrons. The van der Waals surface area contributed by atoms with Crippen molar-refractivity contribution in [2.75, 3.05) is 6.61 Å². The van der Waals surface area contributed by atoms with Crippen LogP contribution in [-0.2, 0) is 9.53 Å². The van der Waals surface area contributed by atoms with E-state index >= 15 is 0 Å². The van der Waals surface area contributed by atoms with Crippen LogP contribution in [0.1, 0.15) is 113 Å². The number of hydrogen-bond acceptors (Lipinski definition) is 5. The van der Waals surface area contributed by atoms with Crippen LogP contribution in [0.5, 0.6) is 0 Å².